The van der Waals surface area contributed by atoms with Gasteiger partial charge in [-0.1, -0.05) is 0 Å². The van der Waals surface area contributed by atoms with Gasteiger partial charge < -0.3 is 18.9 Å². The van der Waals surface area contributed by atoms with E-state index in [9.17, 15) is 0 Å². The molecule has 0 radical (unpaired) electrons. The van der Waals surface area contributed by atoms with E-state index >= 15 is 0 Å². The molecule has 0 saturated carbocycles. The summed E-state index contributed by atoms with van der Waals surface area (Å²) < 4.78 is 23.1. The Bertz CT molecular complexity index is 276. The Labute approximate surface area is 129 Å². The Balaban J connectivity index is 1.56. The van der Waals surface area contributed by atoms with E-state index in [-0.39, 0.29) is 18.3 Å². The summed E-state index contributed by atoms with van der Waals surface area (Å²) in [6, 6.07) is 0. The molecule has 4 nitrogen and oxygen atoms in total. The summed E-state index contributed by atoms with van der Waals surface area (Å²) in [5.74, 6) is 0.679. The summed E-state index contributed by atoms with van der Waals surface area (Å²) in [5.41, 5.74) is 0. The minimum Gasteiger partial charge on any atom is -0.381 e. The number of hydrogen-bond donors (Lipinski definition) is 0. The van der Waals surface area contributed by atoms with E-state index in [1.165, 1.54) is 0 Å². The first-order chi connectivity index (χ1) is 10.1. The Morgan fingerprint density at radius 3 is 2.33 bits per heavy atom. The van der Waals surface area contributed by atoms with Gasteiger partial charge in [0.2, 0.25) is 0 Å². The van der Waals surface area contributed by atoms with Crippen LogP contribution in [-0.4, -0.2) is 50.8 Å². The van der Waals surface area contributed by atoms with E-state index in [1.807, 2.05) is 0 Å². The molecule has 2 aliphatic rings. The predicted octanol–water partition coefficient (Wildman–Crippen LogP) is 3.18. The molecule has 0 aromatic rings. The summed E-state index contributed by atoms with van der Waals surface area (Å²) in [6.45, 7) is 9.69. The van der Waals surface area contributed by atoms with Gasteiger partial charge in [0.15, 0.2) is 0 Å². The number of rotatable bonds is 8. The van der Waals surface area contributed by atoms with Crippen molar-refractivity contribution < 1.29 is 18.9 Å². The molecule has 0 N–H and O–H groups in total. The van der Waals surface area contributed by atoms with E-state index in [0.717, 1.165) is 58.5 Å². The van der Waals surface area contributed by atoms with Crippen LogP contribution in [0.5, 0.6) is 0 Å². The molecule has 2 rings (SSSR count). The van der Waals surface area contributed by atoms with E-state index in [4.69, 9.17) is 18.9 Å². The maximum absolute atomic E-state index is 6.05. The minimum atomic E-state index is 0.278. The Hall–Kier alpha value is -0.160. The lowest BCUT2D eigenvalue weighted by molar-refractivity contribution is -0.0570. The fourth-order valence-corrected chi connectivity index (χ4v) is 3.03. The lowest BCUT2D eigenvalue weighted by Gasteiger charge is -2.25. The third-order valence-corrected chi connectivity index (χ3v) is 4.36. The Morgan fingerprint density at radius 2 is 1.62 bits per heavy atom. The maximum atomic E-state index is 6.05. The van der Waals surface area contributed by atoms with Crippen LogP contribution >= 0.6 is 0 Å². The highest BCUT2D eigenvalue weighted by atomic mass is 16.5. The molecule has 2 heterocycles. The van der Waals surface area contributed by atoms with Crippen LogP contribution in [0.3, 0.4) is 0 Å². The molecule has 2 aliphatic heterocycles. The van der Waals surface area contributed by atoms with Gasteiger partial charge in [0.05, 0.1) is 31.0 Å². The van der Waals surface area contributed by atoms with Crippen LogP contribution in [0.15, 0.2) is 0 Å². The normalized spacial score (nSPS) is 29.1. The van der Waals surface area contributed by atoms with Crippen molar-refractivity contribution >= 4 is 0 Å². The van der Waals surface area contributed by atoms with Crippen LogP contribution in [0.4, 0.5) is 0 Å². The standard InChI is InChI=1S/C17H32O4/c1-13(2)19-12-17-5-4-16(21-17)10-14(3)20-11-15-6-8-18-9-7-15/h13-17H,4-12H2,1-3H3. The summed E-state index contributed by atoms with van der Waals surface area (Å²) in [6.07, 6.45) is 6.72. The molecule has 4 heteroatoms. The molecule has 0 aliphatic carbocycles. The van der Waals surface area contributed by atoms with Crippen molar-refractivity contribution in [2.24, 2.45) is 5.92 Å². The second-order valence-corrected chi connectivity index (χ2v) is 6.77. The monoisotopic (exact) mass is 300 g/mol. The van der Waals surface area contributed by atoms with Gasteiger partial charge in [-0.15, -0.1) is 0 Å². The van der Waals surface area contributed by atoms with E-state index < -0.39 is 0 Å². The summed E-state index contributed by atoms with van der Waals surface area (Å²) in [4.78, 5) is 0. The van der Waals surface area contributed by atoms with Crippen LogP contribution in [0.1, 0.15) is 52.9 Å². The van der Waals surface area contributed by atoms with Crippen molar-refractivity contribution in [1.29, 1.82) is 0 Å². The average molecular weight is 300 g/mol. The SMILES string of the molecule is CC(C)OCC1CCC(CC(C)OCC2CCOCC2)O1. The van der Waals surface area contributed by atoms with Gasteiger partial charge in [-0.2, -0.15) is 0 Å². The molecule has 21 heavy (non-hydrogen) atoms. The van der Waals surface area contributed by atoms with Gasteiger partial charge in [-0.3, -0.25) is 0 Å². The average Bonchev–Trinajstić information content (AvgIpc) is 2.91. The fraction of sp³-hybridized carbons (Fsp3) is 1.00. The highest BCUT2D eigenvalue weighted by molar-refractivity contribution is 4.76. The smallest absolute Gasteiger partial charge is 0.0813 e. The third kappa shape index (κ3) is 6.64. The molecule has 0 aromatic carbocycles. The van der Waals surface area contributed by atoms with Gasteiger partial charge >= 0.3 is 0 Å². The van der Waals surface area contributed by atoms with Crippen LogP contribution < -0.4 is 0 Å². The molecule has 3 atom stereocenters. The summed E-state index contributed by atoms with van der Waals surface area (Å²) in [7, 11) is 0. The maximum Gasteiger partial charge on any atom is 0.0813 e. The molecular weight excluding hydrogens is 268 g/mol. The van der Waals surface area contributed by atoms with Crippen molar-refractivity contribution in [1.82, 2.24) is 0 Å². The molecule has 0 spiro atoms. The Morgan fingerprint density at radius 1 is 0.905 bits per heavy atom. The van der Waals surface area contributed by atoms with Crippen molar-refractivity contribution in [3.8, 4) is 0 Å². The van der Waals surface area contributed by atoms with Crippen LogP contribution in [0.2, 0.25) is 0 Å². The van der Waals surface area contributed by atoms with Crippen molar-refractivity contribution in [3.05, 3.63) is 0 Å². The van der Waals surface area contributed by atoms with E-state index in [1.54, 1.807) is 0 Å². The molecule has 124 valence electrons. The van der Waals surface area contributed by atoms with Gasteiger partial charge in [-0.05, 0) is 58.8 Å². The second-order valence-electron chi connectivity index (χ2n) is 6.77. The fourth-order valence-electron chi connectivity index (χ4n) is 3.03. The zero-order valence-corrected chi connectivity index (χ0v) is 13.9. The van der Waals surface area contributed by atoms with Crippen molar-refractivity contribution in [2.75, 3.05) is 26.4 Å². The van der Waals surface area contributed by atoms with E-state index in [2.05, 4.69) is 20.8 Å². The second kappa shape index (κ2) is 9.09. The summed E-state index contributed by atoms with van der Waals surface area (Å²) >= 11 is 0. The molecule has 3 unspecified atom stereocenters. The van der Waals surface area contributed by atoms with E-state index in [0.29, 0.717) is 12.0 Å². The Kier molecular flexibility index (Phi) is 7.44. The van der Waals surface area contributed by atoms with Crippen LogP contribution in [-0.2, 0) is 18.9 Å². The van der Waals surface area contributed by atoms with Crippen LogP contribution in [0.25, 0.3) is 0 Å². The molecule has 0 bridgehead atoms. The first kappa shape index (κ1) is 17.2. The van der Waals surface area contributed by atoms with Gasteiger partial charge in [0, 0.05) is 19.8 Å². The molecule has 2 saturated heterocycles. The lowest BCUT2D eigenvalue weighted by Crippen LogP contribution is -2.25. The molecular formula is C17H32O4. The molecule has 0 aromatic heterocycles. The van der Waals surface area contributed by atoms with Crippen molar-refractivity contribution in [2.45, 2.75) is 77.3 Å². The largest absolute Gasteiger partial charge is 0.381 e. The van der Waals surface area contributed by atoms with Gasteiger partial charge in [0.1, 0.15) is 0 Å². The third-order valence-electron chi connectivity index (χ3n) is 4.36. The highest BCUT2D eigenvalue weighted by Gasteiger charge is 2.27. The van der Waals surface area contributed by atoms with Gasteiger partial charge in [-0.25, -0.2) is 0 Å². The van der Waals surface area contributed by atoms with Crippen LogP contribution in [0, 0.1) is 5.92 Å². The molecule has 2 fully saturated rings. The highest BCUT2D eigenvalue weighted by Crippen LogP contribution is 2.25. The topological polar surface area (TPSA) is 36.9 Å². The first-order valence-corrected chi connectivity index (χ1v) is 8.60. The first-order valence-electron chi connectivity index (χ1n) is 8.60. The quantitative estimate of drug-likeness (QED) is 0.690. The predicted molar refractivity (Wildman–Crippen MR) is 82.6 cm³/mol. The number of hydrogen-bond acceptors (Lipinski definition) is 4. The number of ether oxygens (including phenoxy) is 4. The molecule has 0 amide bonds. The zero-order valence-electron chi connectivity index (χ0n) is 13.9. The van der Waals surface area contributed by atoms with Crippen molar-refractivity contribution in [3.63, 3.8) is 0 Å². The minimum absolute atomic E-state index is 0.278. The zero-order chi connectivity index (χ0) is 15.1. The van der Waals surface area contributed by atoms with Gasteiger partial charge in [0.25, 0.3) is 0 Å². The summed E-state index contributed by atoms with van der Waals surface area (Å²) in [5, 5.41) is 0. The lowest BCUT2D eigenvalue weighted by atomic mass is 10.0.